The van der Waals surface area contributed by atoms with Crippen molar-refractivity contribution in [3.8, 4) is 10.6 Å². The first-order valence-corrected chi connectivity index (χ1v) is 6.98. The number of imidazole rings is 1. The summed E-state index contributed by atoms with van der Waals surface area (Å²) < 4.78 is 3.16. The highest BCUT2D eigenvalue weighted by Gasteiger charge is 2.16. The fourth-order valence-electron chi connectivity index (χ4n) is 2.39. The number of H-pyrrole nitrogens is 1. The summed E-state index contributed by atoms with van der Waals surface area (Å²) in [5.41, 5.74) is 9.73. The molecule has 20 heavy (non-hydrogen) atoms. The lowest BCUT2D eigenvalue weighted by Crippen LogP contribution is -1.93. The van der Waals surface area contributed by atoms with Crippen molar-refractivity contribution in [1.82, 2.24) is 24.7 Å². The second-order valence-electron chi connectivity index (χ2n) is 4.71. The summed E-state index contributed by atoms with van der Waals surface area (Å²) in [6.45, 7) is 1.97. The van der Waals surface area contributed by atoms with E-state index in [2.05, 4.69) is 24.7 Å². The van der Waals surface area contributed by atoms with Crippen molar-refractivity contribution in [2.24, 2.45) is 7.05 Å². The molecule has 0 unspecified atom stereocenters. The third-order valence-corrected chi connectivity index (χ3v) is 4.66. The topological polar surface area (TPSA) is 85.4 Å². The summed E-state index contributed by atoms with van der Waals surface area (Å²) in [6, 6.07) is 3.98. The lowest BCUT2D eigenvalue weighted by molar-refractivity contribution is 0.889. The number of hydrogen-bond donors (Lipinski definition) is 2. The van der Waals surface area contributed by atoms with Crippen molar-refractivity contribution in [1.29, 1.82) is 0 Å². The maximum Gasteiger partial charge on any atom is 0.152 e. The largest absolute Gasteiger partial charge is 0.382 e. The Labute approximate surface area is 118 Å². The fraction of sp³-hybridized carbons (Fsp3) is 0.154. The molecular formula is C13H12N6S. The third-order valence-electron chi connectivity index (χ3n) is 3.50. The first-order chi connectivity index (χ1) is 9.65. The third kappa shape index (κ3) is 1.41. The number of rotatable bonds is 1. The number of pyridine rings is 1. The number of nitrogens with zero attached hydrogens (tertiary/aromatic N) is 4. The minimum atomic E-state index is 0.477. The van der Waals surface area contributed by atoms with Crippen LogP contribution in [0.2, 0.25) is 0 Å². The Kier molecular flexibility index (Phi) is 2.17. The van der Waals surface area contributed by atoms with E-state index in [1.165, 1.54) is 0 Å². The van der Waals surface area contributed by atoms with Gasteiger partial charge in [-0.25, -0.2) is 9.97 Å². The lowest BCUT2D eigenvalue weighted by atomic mass is 10.3. The van der Waals surface area contributed by atoms with Crippen LogP contribution < -0.4 is 5.73 Å². The van der Waals surface area contributed by atoms with Crippen LogP contribution in [-0.2, 0) is 7.05 Å². The molecule has 0 amide bonds. The Hall–Kier alpha value is -2.41. The first-order valence-electron chi connectivity index (χ1n) is 6.17. The van der Waals surface area contributed by atoms with Crippen LogP contribution >= 0.6 is 11.3 Å². The lowest BCUT2D eigenvalue weighted by Gasteiger charge is -1.99. The van der Waals surface area contributed by atoms with Gasteiger partial charge in [-0.1, -0.05) is 0 Å². The van der Waals surface area contributed by atoms with E-state index in [9.17, 15) is 0 Å². The Morgan fingerprint density at radius 2 is 2.20 bits per heavy atom. The molecule has 4 heterocycles. The van der Waals surface area contributed by atoms with Crippen LogP contribution in [0.15, 0.2) is 18.3 Å². The first kappa shape index (κ1) is 11.4. The van der Waals surface area contributed by atoms with Crippen LogP contribution in [0.25, 0.3) is 31.8 Å². The maximum absolute atomic E-state index is 6.03. The zero-order chi connectivity index (χ0) is 13.9. The summed E-state index contributed by atoms with van der Waals surface area (Å²) in [4.78, 5) is 10.1. The van der Waals surface area contributed by atoms with Gasteiger partial charge < -0.3 is 10.3 Å². The van der Waals surface area contributed by atoms with Crippen molar-refractivity contribution in [3.63, 3.8) is 0 Å². The van der Waals surface area contributed by atoms with E-state index in [1.54, 1.807) is 17.5 Å². The van der Waals surface area contributed by atoms with Gasteiger partial charge in [0.1, 0.15) is 11.3 Å². The molecular weight excluding hydrogens is 272 g/mol. The van der Waals surface area contributed by atoms with Gasteiger partial charge in [0, 0.05) is 13.2 Å². The molecule has 0 atom stereocenters. The smallest absolute Gasteiger partial charge is 0.152 e. The molecule has 6 nitrogen and oxygen atoms in total. The summed E-state index contributed by atoms with van der Waals surface area (Å²) in [7, 11) is 2.00. The van der Waals surface area contributed by atoms with Crippen molar-refractivity contribution in [3.05, 3.63) is 24.2 Å². The number of aromatic amines is 1. The van der Waals surface area contributed by atoms with E-state index in [4.69, 9.17) is 5.73 Å². The Morgan fingerprint density at radius 1 is 1.35 bits per heavy atom. The molecule has 0 aliphatic heterocycles. The molecule has 3 N–H and O–H groups in total. The molecule has 0 spiro atoms. The number of nitrogens with one attached hydrogen (secondary N) is 1. The van der Waals surface area contributed by atoms with Crippen LogP contribution in [-0.4, -0.2) is 24.7 Å². The van der Waals surface area contributed by atoms with Gasteiger partial charge in [-0.05, 0) is 19.1 Å². The molecule has 0 saturated carbocycles. The molecule has 4 rings (SSSR count). The quantitative estimate of drug-likeness (QED) is 0.562. The van der Waals surface area contributed by atoms with Crippen molar-refractivity contribution >= 4 is 38.4 Å². The van der Waals surface area contributed by atoms with Crippen LogP contribution in [0.1, 0.15) is 5.82 Å². The zero-order valence-electron chi connectivity index (χ0n) is 11.0. The van der Waals surface area contributed by atoms with Gasteiger partial charge in [0.2, 0.25) is 0 Å². The molecule has 0 aliphatic carbocycles. The number of anilines is 1. The van der Waals surface area contributed by atoms with Crippen LogP contribution in [0.4, 0.5) is 5.82 Å². The number of thiophene rings is 1. The maximum atomic E-state index is 6.03. The van der Waals surface area contributed by atoms with Gasteiger partial charge in [-0.3, -0.25) is 5.10 Å². The molecule has 4 aromatic rings. The van der Waals surface area contributed by atoms with Crippen LogP contribution in [0, 0.1) is 6.92 Å². The Morgan fingerprint density at radius 3 is 2.95 bits per heavy atom. The van der Waals surface area contributed by atoms with E-state index in [1.807, 2.05) is 26.1 Å². The molecule has 0 aliphatic rings. The van der Waals surface area contributed by atoms with E-state index >= 15 is 0 Å². The normalized spacial score (nSPS) is 11.7. The molecule has 0 aromatic carbocycles. The standard InChI is InChI=1S/C13H12N6S/c1-6-16-10-11(19(6)2)12-8(17-13(10)14)5-9(20-12)7-3-4-15-18-7/h3-5H,1-2H3,(H2,14,17)(H,15,18). The second-order valence-corrected chi connectivity index (χ2v) is 5.76. The average molecular weight is 284 g/mol. The van der Waals surface area contributed by atoms with Crippen molar-refractivity contribution in [2.45, 2.75) is 6.92 Å². The molecule has 100 valence electrons. The van der Waals surface area contributed by atoms with E-state index in [0.29, 0.717) is 5.82 Å². The number of hydrogen-bond acceptors (Lipinski definition) is 5. The van der Waals surface area contributed by atoms with Gasteiger partial charge >= 0.3 is 0 Å². The summed E-state index contributed by atoms with van der Waals surface area (Å²) in [6.07, 6.45) is 1.74. The number of nitrogen functional groups attached to an aromatic ring is 1. The van der Waals surface area contributed by atoms with Gasteiger partial charge in [0.05, 0.1) is 26.3 Å². The van der Waals surface area contributed by atoms with Gasteiger partial charge in [-0.2, -0.15) is 5.10 Å². The summed E-state index contributed by atoms with van der Waals surface area (Å²) in [5, 5.41) is 6.97. The zero-order valence-corrected chi connectivity index (χ0v) is 11.8. The number of aryl methyl sites for hydroxylation is 2. The fourth-order valence-corrected chi connectivity index (χ4v) is 3.55. The highest BCUT2D eigenvalue weighted by molar-refractivity contribution is 7.23. The molecule has 0 fully saturated rings. The summed E-state index contributed by atoms with van der Waals surface area (Å²) in [5.74, 6) is 1.41. The second kappa shape index (κ2) is 3.80. The van der Waals surface area contributed by atoms with Crippen LogP contribution in [0.5, 0.6) is 0 Å². The molecule has 0 saturated heterocycles. The van der Waals surface area contributed by atoms with Crippen LogP contribution in [0.3, 0.4) is 0 Å². The molecule has 7 heteroatoms. The molecule has 4 aromatic heterocycles. The Bertz CT molecular complexity index is 931. The number of nitrogens with two attached hydrogens (primary N) is 1. The average Bonchev–Trinajstić information content (AvgIpc) is 3.10. The number of fused-ring (bicyclic) bond motifs is 3. The van der Waals surface area contributed by atoms with Crippen molar-refractivity contribution in [2.75, 3.05) is 5.73 Å². The minimum Gasteiger partial charge on any atom is -0.382 e. The number of aromatic nitrogens is 5. The van der Waals surface area contributed by atoms with Crippen molar-refractivity contribution < 1.29 is 0 Å². The predicted octanol–water partition coefficient (Wildman–Crippen LogP) is 2.46. The minimum absolute atomic E-state index is 0.477. The van der Waals surface area contributed by atoms with E-state index < -0.39 is 0 Å². The highest BCUT2D eigenvalue weighted by Crippen LogP contribution is 2.37. The SMILES string of the molecule is Cc1nc2c(N)nc3cc(-c4ccn[nH]4)sc3c2n1C. The van der Waals surface area contributed by atoms with Gasteiger partial charge in [-0.15, -0.1) is 11.3 Å². The monoisotopic (exact) mass is 284 g/mol. The predicted molar refractivity (Wildman–Crippen MR) is 80.6 cm³/mol. The molecule has 0 bridgehead atoms. The van der Waals surface area contributed by atoms with E-state index in [0.717, 1.165) is 37.6 Å². The molecule has 0 radical (unpaired) electrons. The highest BCUT2D eigenvalue weighted by atomic mass is 32.1. The summed E-state index contributed by atoms with van der Waals surface area (Å²) >= 11 is 1.67. The van der Waals surface area contributed by atoms with E-state index in [-0.39, 0.29) is 0 Å². The van der Waals surface area contributed by atoms with Gasteiger partial charge in [0.25, 0.3) is 0 Å². The van der Waals surface area contributed by atoms with Gasteiger partial charge in [0.15, 0.2) is 5.82 Å². The Balaban J connectivity index is 2.14.